The average Bonchev–Trinajstić information content (AvgIpc) is 2.87. The highest BCUT2D eigenvalue weighted by atomic mass is 16.2. The molecule has 3 rings (SSSR count). The summed E-state index contributed by atoms with van der Waals surface area (Å²) in [4.78, 5) is 41.0. The zero-order chi connectivity index (χ0) is 31.3. The fourth-order valence-corrected chi connectivity index (χ4v) is 8.56. The van der Waals surface area contributed by atoms with E-state index >= 15 is 0 Å². The van der Waals surface area contributed by atoms with Crippen LogP contribution in [0.25, 0.3) is 0 Å². The van der Waals surface area contributed by atoms with Crippen LogP contribution in [0.15, 0.2) is 0 Å². The van der Waals surface area contributed by atoms with Crippen molar-refractivity contribution in [2.75, 3.05) is 0 Å². The summed E-state index contributed by atoms with van der Waals surface area (Å²) in [6.45, 7) is 20.3. The van der Waals surface area contributed by atoms with E-state index in [1.165, 1.54) is 19.3 Å². The van der Waals surface area contributed by atoms with E-state index in [1.54, 1.807) is 0 Å². The minimum atomic E-state index is -0.666. The molecule has 3 N–H and O–H groups in total. The Morgan fingerprint density at radius 1 is 0.500 bits per heavy atom. The number of hydrogen-bond acceptors (Lipinski definition) is 3. The van der Waals surface area contributed by atoms with Gasteiger partial charge in [-0.25, -0.2) is 0 Å². The van der Waals surface area contributed by atoms with Gasteiger partial charge in [-0.1, -0.05) is 101 Å². The molecule has 0 aliphatic heterocycles. The van der Waals surface area contributed by atoms with Crippen molar-refractivity contribution in [3.05, 3.63) is 0 Å². The van der Waals surface area contributed by atoms with Crippen LogP contribution in [-0.2, 0) is 14.4 Å². The molecule has 0 bridgehead atoms. The normalized spacial score (nSPS) is 30.2. The first-order valence-corrected chi connectivity index (χ1v) is 17.4. The van der Waals surface area contributed by atoms with Crippen LogP contribution in [0.5, 0.6) is 0 Å². The number of hydrogen-bond donors (Lipinski definition) is 3. The van der Waals surface area contributed by atoms with Crippen LogP contribution >= 0.6 is 0 Å². The third-order valence-electron chi connectivity index (χ3n) is 10.9. The van der Waals surface area contributed by atoms with E-state index in [0.29, 0.717) is 17.8 Å². The molecular weight excluding hydrogens is 522 g/mol. The quantitative estimate of drug-likeness (QED) is 0.274. The standard InChI is InChI=1S/C36H65N3O3/c1-34(2,3)25-16-10-13-19-28(25)37-31(40)22-24(33(42)39-30-21-15-12-18-27(30)36(7,8)9)23-32(41)38-29-20-14-11-17-26(29)35(4,5)6/h24-30H,10-23H2,1-9H3,(H,37,40)(H,38,41)(H,39,42). The molecule has 0 radical (unpaired) electrons. The second-order valence-corrected chi connectivity index (χ2v) is 17.3. The van der Waals surface area contributed by atoms with Gasteiger partial charge in [0, 0.05) is 31.0 Å². The van der Waals surface area contributed by atoms with E-state index in [4.69, 9.17) is 0 Å². The van der Waals surface area contributed by atoms with E-state index in [-0.39, 0.29) is 64.9 Å². The van der Waals surface area contributed by atoms with Gasteiger partial charge >= 0.3 is 0 Å². The van der Waals surface area contributed by atoms with Crippen molar-refractivity contribution in [1.29, 1.82) is 0 Å². The Morgan fingerprint density at radius 2 is 0.786 bits per heavy atom. The number of rotatable bonds is 8. The van der Waals surface area contributed by atoms with Crippen molar-refractivity contribution in [3.63, 3.8) is 0 Å². The first-order valence-electron chi connectivity index (χ1n) is 17.4. The van der Waals surface area contributed by atoms with Crippen LogP contribution in [0.2, 0.25) is 0 Å². The van der Waals surface area contributed by atoms with Crippen molar-refractivity contribution < 1.29 is 14.4 Å². The largest absolute Gasteiger partial charge is 0.353 e. The lowest BCUT2D eigenvalue weighted by Crippen LogP contribution is -2.51. The van der Waals surface area contributed by atoms with Crippen LogP contribution in [0.3, 0.4) is 0 Å². The second-order valence-electron chi connectivity index (χ2n) is 17.3. The third-order valence-corrected chi connectivity index (χ3v) is 10.9. The van der Waals surface area contributed by atoms with Gasteiger partial charge in [-0.05, 0) is 72.5 Å². The van der Waals surface area contributed by atoms with Crippen LogP contribution in [0.4, 0.5) is 0 Å². The lowest BCUT2D eigenvalue weighted by atomic mass is 9.69. The van der Waals surface area contributed by atoms with Gasteiger partial charge < -0.3 is 16.0 Å². The molecule has 0 aromatic heterocycles. The van der Waals surface area contributed by atoms with Crippen LogP contribution < -0.4 is 16.0 Å². The van der Waals surface area contributed by atoms with Gasteiger partial charge in [0.2, 0.25) is 17.7 Å². The first kappa shape index (κ1) is 34.9. The Labute approximate surface area is 258 Å². The Morgan fingerprint density at radius 3 is 1.10 bits per heavy atom. The summed E-state index contributed by atoms with van der Waals surface area (Å²) in [5, 5.41) is 10.0. The molecule has 6 heteroatoms. The summed E-state index contributed by atoms with van der Waals surface area (Å²) in [5.74, 6) is 0.246. The highest BCUT2D eigenvalue weighted by molar-refractivity contribution is 5.90. The van der Waals surface area contributed by atoms with Crippen molar-refractivity contribution in [3.8, 4) is 0 Å². The van der Waals surface area contributed by atoms with Gasteiger partial charge in [0.25, 0.3) is 0 Å². The van der Waals surface area contributed by atoms with Crippen molar-refractivity contribution in [1.82, 2.24) is 16.0 Å². The molecule has 3 saturated carbocycles. The van der Waals surface area contributed by atoms with Gasteiger partial charge in [-0.3, -0.25) is 14.4 Å². The van der Waals surface area contributed by atoms with Gasteiger partial charge in [-0.15, -0.1) is 0 Å². The molecule has 0 spiro atoms. The van der Waals surface area contributed by atoms with E-state index in [2.05, 4.69) is 78.3 Å². The number of nitrogens with one attached hydrogen (secondary N) is 3. The molecule has 6 nitrogen and oxygen atoms in total. The topological polar surface area (TPSA) is 87.3 Å². The summed E-state index contributed by atoms with van der Waals surface area (Å²) in [5.41, 5.74) is 0.317. The zero-order valence-electron chi connectivity index (χ0n) is 28.7. The number of carbonyl (C=O) groups is 3. The zero-order valence-corrected chi connectivity index (χ0v) is 28.7. The van der Waals surface area contributed by atoms with E-state index in [1.807, 2.05) is 0 Å². The van der Waals surface area contributed by atoms with Crippen LogP contribution in [-0.4, -0.2) is 35.8 Å². The Balaban J connectivity index is 1.74. The van der Waals surface area contributed by atoms with E-state index in [0.717, 1.165) is 57.8 Å². The van der Waals surface area contributed by atoms with Gasteiger partial charge in [0.1, 0.15) is 0 Å². The maximum absolute atomic E-state index is 13.9. The minimum Gasteiger partial charge on any atom is -0.353 e. The van der Waals surface area contributed by atoms with Crippen molar-refractivity contribution in [2.24, 2.45) is 39.9 Å². The fraction of sp³-hybridized carbons (Fsp3) is 0.917. The maximum atomic E-state index is 13.9. The smallest absolute Gasteiger partial charge is 0.224 e. The number of amides is 3. The van der Waals surface area contributed by atoms with E-state index in [9.17, 15) is 14.4 Å². The Bertz CT molecular complexity index is 859. The third kappa shape index (κ3) is 9.97. The second kappa shape index (κ2) is 14.5. The van der Waals surface area contributed by atoms with Crippen molar-refractivity contribution >= 4 is 17.7 Å². The summed E-state index contributed by atoms with van der Waals surface area (Å²) < 4.78 is 0. The van der Waals surface area contributed by atoms with Gasteiger partial charge in [0.15, 0.2) is 0 Å². The molecule has 6 atom stereocenters. The minimum absolute atomic E-state index is 0.0624. The summed E-state index contributed by atoms with van der Waals surface area (Å²) in [6.07, 6.45) is 13.3. The van der Waals surface area contributed by atoms with Crippen LogP contribution in [0, 0.1) is 39.9 Å². The molecule has 6 unspecified atom stereocenters. The molecule has 3 aliphatic carbocycles. The van der Waals surface area contributed by atoms with Crippen molar-refractivity contribution in [2.45, 2.75) is 170 Å². The summed E-state index contributed by atoms with van der Waals surface area (Å²) >= 11 is 0. The average molecular weight is 588 g/mol. The lowest BCUT2D eigenvalue weighted by Gasteiger charge is -2.42. The predicted molar refractivity (Wildman–Crippen MR) is 173 cm³/mol. The molecule has 0 saturated heterocycles. The van der Waals surface area contributed by atoms with Crippen LogP contribution in [0.1, 0.15) is 152 Å². The Kier molecular flexibility index (Phi) is 12.0. The molecule has 0 aromatic carbocycles. The maximum Gasteiger partial charge on any atom is 0.224 e. The SMILES string of the molecule is CC(C)(C)C1CCCCC1NC(=O)CC(CC(=O)NC1CCCCC1C(C)(C)C)C(=O)NC1CCCCC1C(C)(C)C. The number of carbonyl (C=O) groups excluding carboxylic acids is 3. The molecule has 3 fully saturated rings. The molecule has 42 heavy (non-hydrogen) atoms. The van der Waals surface area contributed by atoms with Gasteiger partial charge in [-0.2, -0.15) is 0 Å². The predicted octanol–water partition coefficient (Wildman–Crippen LogP) is 7.55. The highest BCUT2D eigenvalue weighted by Crippen LogP contribution is 2.40. The lowest BCUT2D eigenvalue weighted by molar-refractivity contribution is -0.135. The highest BCUT2D eigenvalue weighted by Gasteiger charge is 2.39. The monoisotopic (exact) mass is 588 g/mol. The molecule has 3 aliphatic rings. The molecule has 0 heterocycles. The molecule has 242 valence electrons. The fourth-order valence-electron chi connectivity index (χ4n) is 8.56. The van der Waals surface area contributed by atoms with E-state index < -0.39 is 5.92 Å². The summed E-state index contributed by atoms with van der Waals surface area (Å²) in [7, 11) is 0. The first-order chi connectivity index (χ1) is 19.5. The Hall–Kier alpha value is -1.59. The molecule has 3 amide bonds. The van der Waals surface area contributed by atoms with Gasteiger partial charge in [0.05, 0.1) is 5.92 Å². The molecular formula is C36H65N3O3. The molecule has 0 aromatic rings. The summed E-state index contributed by atoms with van der Waals surface area (Å²) in [6, 6.07) is 0.344.